The molecule has 0 aliphatic heterocycles. The van der Waals surface area contributed by atoms with Crippen molar-refractivity contribution in [1.82, 2.24) is 9.55 Å². The van der Waals surface area contributed by atoms with Crippen molar-refractivity contribution in [3.63, 3.8) is 0 Å². The summed E-state index contributed by atoms with van der Waals surface area (Å²) in [6.45, 7) is 0.691. The first-order valence-electron chi connectivity index (χ1n) is 7.86. The molecule has 0 N–H and O–H groups in total. The smallest absolute Gasteiger partial charge is 0.262 e. The molecule has 0 fully saturated rings. The summed E-state index contributed by atoms with van der Waals surface area (Å²) in [7, 11) is 0. The molecule has 3 aromatic rings. The van der Waals surface area contributed by atoms with E-state index in [4.69, 9.17) is 0 Å². The van der Waals surface area contributed by atoms with Crippen LogP contribution in [0.2, 0.25) is 0 Å². The van der Waals surface area contributed by atoms with Crippen LogP contribution in [0.25, 0.3) is 10.2 Å². The van der Waals surface area contributed by atoms with Gasteiger partial charge in [0.1, 0.15) is 4.83 Å². The average molecular weight is 310 g/mol. The fourth-order valence-corrected chi connectivity index (χ4v) is 4.45. The van der Waals surface area contributed by atoms with E-state index in [0.29, 0.717) is 6.54 Å². The Morgan fingerprint density at radius 2 is 1.95 bits per heavy atom. The summed E-state index contributed by atoms with van der Waals surface area (Å²) in [5.41, 5.74) is 2.67. The quantitative estimate of drug-likeness (QED) is 0.741. The third-order valence-corrected chi connectivity index (χ3v) is 5.63. The number of nitrogens with zero attached hydrogens (tertiary/aromatic N) is 2. The van der Waals surface area contributed by atoms with Crippen LogP contribution in [0.5, 0.6) is 0 Å². The van der Waals surface area contributed by atoms with E-state index in [1.54, 1.807) is 22.2 Å². The van der Waals surface area contributed by atoms with Gasteiger partial charge in [-0.15, -0.1) is 11.3 Å². The monoisotopic (exact) mass is 310 g/mol. The Kier molecular flexibility index (Phi) is 3.54. The standard InChI is InChI=1S/C18H18N2OS/c21-18-16-14-8-4-5-9-15(14)22-17(16)19-12-20(18)11-10-13-6-2-1-3-7-13/h1-3,6-7,12H,4-5,8-11H2. The van der Waals surface area contributed by atoms with Crippen molar-refractivity contribution in [3.8, 4) is 0 Å². The molecule has 0 saturated carbocycles. The number of aryl methyl sites for hydroxylation is 4. The van der Waals surface area contributed by atoms with Crippen molar-refractivity contribution in [1.29, 1.82) is 0 Å². The molecule has 0 spiro atoms. The van der Waals surface area contributed by atoms with Crippen LogP contribution < -0.4 is 5.56 Å². The fraction of sp³-hybridized carbons (Fsp3) is 0.333. The molecular weight excluding hydrogens is 292 g/mol. The zero-order chi connectivity index (χ0) is 14.9. The van der Waals surface area contributed by atoms with E-state index in [-0.39, 0.29) is 5.56 Å². The lowest BCUT2D eigenvalue weighted by atomic mass is 9.97. The topological polar surface area (TPSA) is 34.9 Å². The van der Waals surface area contributed by atoms with Gasteiger partial charge in [0.2, 0.25) is 0 Å². The minimum atomic E-state index is 0.139. The van der Waals surface area contributed by atoms with Crippen molar-refractivity contribution in [2.24, 2.45) is 0 Å². The summed E-state index contributed by atoms with van der Waals surface area (Å²) in [4.78, 5) is 19.7. The number of benzene rings is 1. The van der Waals surface area contributed by atoms with Gasteiger partial charge in [0, 0.05) is 11.4 Å². The van der Waals surface area contributed by atoms with Gasteiger partial charge in [-0.25, -0.2) is 4.98 Å². The van der Waals surface area contributed by atoms with E-state index < -0.39 is 0 Å². The van der Waals surface area contributed by atoms with Crippen molar-refractivity contribution in [3.05, 3.63) is 63.0 Å². The maximum Gasteiger partial charge on any atom is 0.262 e. The van der Waals surface area contributed by atoms with Crippen molar-refractivity contribution in [2.75, 3.05) is 0 Å². The highest BCUT2D eigenvalue weighted by Crippen LogP contribution is 2.33. The minimum absolute atomic E-state index is 0.139. The molecule has 1 aromatic carbocycles. The Balaban J connectivity index is 1.70. The first kappa shape index (κ1) is 13.7. The lowest BCUT2D eigenvalue weighted by Gasteiger charge is -2.10. The Bertz CT molecular complexity index is 864. The van der Waals surface area contributed by atoms with E-state index in [1.165, 1.54) is 28.8 Å². The van der Waals surface area contributed by atoms with E-state index in [2.05, 4.69) is 17.1 Å². The molecule has 4 heteroatoms. The summed E-state index contributed by atoms with van der Waals surface area (Å²) in [5.74, 6) is 0. The van der Waals surface area contributed by atoms with Crippen molar-refractivity contribution in [2.45, 2.75) is 38.6 Å². The zero-order valence-corrected chi connectivity index (χ0v) is 13.2. The molecule has 0 bridgehead atoms. The highest BCUT2D eigenvalue weighted by atomic mass is 32.1. The number of fused-ring (bicyclic) bond motifs is 3. The molecule has 4 rings (SSSR count). The normalized spacial score (nSPS) is 14.2. The van der Waals surface area contributed by atoms with E-state index in [9.17, 15) is 4.79 Å². The van der Waals surface area contributed by atoms with Crippen LogP contribution in [0.3, 0.4) is 0 Å². The maximum absolute atomic E-state index is 12.8. The van der Waals surface area contributed by atoms with Crippen LogP contribution in [0.1, 0.15) is 28.8 Å². The lowest BCUT2D eigenvalue weighted by Crippen LogP contribution is -2.22. The molecule has 0 radical (unpaired) electrons. The third-order valence-electron chi connectivity index (χ3n) is 4.43. The number of aromatic nitrogens is 2. The number of hydrogen-bond acceptors (Lipinski definition) is 3. The average Bonchev–Trinajstić information content (AvgIpc) is 2.94. The second-order valence-electron chi connectivity index (χ2n) is 5.87. The molecule has 2 aromatic heterocycles. The molecule has 1 aliphatic rings. The van der Waals surface area contributed by atoms with Crippen molar-refractivity contribution < 1.29 is 0 Å². The van der Waals surface area contributed by atoms with Gasteiger partial charge in [0.25, 0.3) is 5.56 Å². The van der Waals surface area contributed by atoms with Crippen LogP contribution in [0.4, 0.5) is 0 Å². The second-order valence-corrected chi connectivity index (χ2v) is 6.95. The molecule has 0 atom stereocenters. The second kappa shape index (κ2) is 5.69. The van der Waals surface area contributed by atoms with E-state index in [1.807, 2.05) is 18.2 Å². The number of thiophene rings is 1. The molecule has 22 heavy (non-hydrogen) atoms. The summed E-state index contributed by atoms with van der Waals surface area (Å²) in [6, 6.07) is 10.3. The van der Waals surface area contributed by atoms with Gasteiger partial charge in [-0.1, -0.05) is 30.3 Å². The summed E-state index contributed by atoms with van der Waals surface area (Å²) >= 11 is 1.71. The van der Waals surface area contributed by atoms with Crippen LogP contribution in [-0.4, -0.2) is 9.55 Å². The Labute approximate surface area is 133 Å². The van der Waals surface area contributed by atoms with Crippen LogP contribution in [-0.2, 0) is 25.8 Å². The molecular formula is C18H18N2OS. The molecule has 3 nitrogen and oxygen atoms in total. The van der Waals surface area contributed by atoms with Gasteiger partial charge in [-0.3, -0.25) is 9.36 Å². The first-order valence-corrected chi connectivity index (χ1v) is 8.68. The number of hydrogen-bond donors (Lipinski definition) is 0. The molecule has 112 valence electrons. The van der Waals surface area contributed by atoms with Gasteiger partial charge in [-0.05, 0) is 43.2 Å². The number of rotatable bonds is 3. The maximum atomic E-state index is 12.8. The SMILES string of the molecule is O=c1c2c3c(sc2ncn1CCc1ccccc1)CCCC3. The van der Waals surface area contributed by atoms with Crippen LogP contribution in [0.15, 0.2) is 41.5 Å². The van der Waals surface area contributed by atoms with Crippen LogP contribution in [0, 0.1) is 0 Å². The zero-order valence-electron chi connectivity index (χ0n) is 12.4. The summed E-state index contributed by atoms with van der Waals surface area (Å²) in [6.07, 6.45) is 7.16. The van der Waals surface area contributed by atoms with Gasteiger partial charge >= 0.3 is 0 Å². The molecule has 0 amide bonds. The first-order chi connectivity index (χ1) is 10.8. The molecule has 2 heterocycles. The highest BCUT2D eigenvalue weighted by Gasteiger charge is 2.19. The van der Waals surface area contributed by atoms with Crippen LogP contribution >= 0.6 is 11.3 Å². The molecule has 0 unspecified atom stereocenters. The fourth-order valence-electron chi connectivity index (χ4n) is 3.23. The summed E-state index contributed by atoms with van der Waals surface area (Å²) in [5, 5.41) is 0.885. The van der Waals surface area contributed by atoms with Gasteiger partial charge in [0.15, 0.2) is 0 Å². The molecule has 0 saturated heterocycles. The Hall–Kier alpha value is -1.94. The van der Waals surface area contributed by atoms with Gasteiger partial charge < -0.3 is 0 Å². The van der Waals surface area contributed by atoms with Gasteiger partial charge in [-0.2, -0.15) is 0 Å². The summed E-state index contributed by atoms with van der Waals surface area (Å²) < 4.78 is 1.77. The predicted octanol–water partition coefficient (Wildman–Crippen LogP) is 3.58. The van der Waals surface area contributed by atoms with Gasteiger partial charge in [0.05, 0.1) is 11.7 Å². The highest BCUT2D eigenvalue weighted by molar-refractivity contribution is 7.18. The Morgan fingerprint density at radius 3 is 2.82 bits per heavy atom. The Morgan fingerprint density at radius 1 is 1.14 bits per heavy atom. The minimum Gasteiger partial charge on any atom is -0.298 e. The largest absolute Gasteiger partial charge is 0.298 e. The van der Waals surface area contributed by atoms with E-state index >= 15 is 0 Å². The predicted molar refractivity (Wildman–Crippen MR) is 90.7 cm³/mol. The third kappa shape index (κ3) is 2.37. The van der Waals surface area contributed by atoms with E-state index in [0.717, 1.165) is 29.5 Å². The lowest BCUT2D eigenvalue weighted by molar-refractivity contribution is 0.660. The molecule has 1 aliphatic carbocycles. The van der Waals surface area contributed by atoms with Crippen molar-refractivity contribution >= 4 is 21.6 Å².